The molecule has 1 aliphatic carbocycles. The van der Waals surface area contributed by atoms with E-state index in [-0.39, 0.29) is 22.9 Å². The maximum Gasteiger partial charge on any atom is 0.255 e. The van der Waals surface area contributed by atoms with Gasteiger partial charge in [0.2, 0.25) is 11.9 Å². The number of benzene rings is 1. The number of aryl methyl sites for hydroxylation is 1. The van der Waals surface area contributed by atoms with Crippen molar-refractivity contribution in [2.45, 2.75) is 57.4 Å². The Hall–Kier alpha value is -2.83. The third-order valence-corrected chi connectivity index (χ3v) is 6.50. The third-order valence-electron chi connectivity index (χ3n) is 6.50. The summed E-state index contributed by atoms with van der Waals surface area (Å²) in [6.45, 7) is 5.25. The van der Waals surface area contributed by atoms with Crippen LogP contribution in [0.2, 0.25) is 0 Å². The summed E-state index contributed by atoms with van der Waals surface area (Å²) in [6.07, 6.45) is 4.16. The summed E-state index contributed by atoms with van der Waals surface area (Å²) in [6, 6.07) is 8.09. The lowest BCUT2D eigenvalue weighted by atomic mass is 9.92. The molecule has 0 unspecified atom stereocenters. The molecule has 1 amide bonds. The minimum absolute atomic E-state index is 0.0738. The fourth-order valence-corrected chi connectivity index (χ4v) is 4.48. The number of aromatic nitrogens is 2. The van der Waals surface area contributed by atoms with Crippen LogP contribution in [0, 0.1) is 6.92 Å². The van der Waals surface area contributed by atoms with E-state index in [1.165, 1.54) is 0 Å². The molecule has 0 spiro atoms. The highest BCUT2D eigenvalue weighted by molar-refractivity contribution is 5.91. The summed E-state index contributed by atoms with van der Waals surface area (Å²) >= 11 is 0. The first-order valence-corrected chi connectivity index (χ1v) is 10.8. The highest BCUT2D eigenvalue weighted by Crippen LogP contribution is 2.50. The van der Waals surface area contributed by atoms with E-state index in [0.29, 0.717) is 25.5 Å². The Balaban J connectivity index is 1.37. The number of likely N-dealkylation sites (tertiary alicyclic amines) is 1. The molecular formula is C23H30N4O3. The first-order chi connectivity index (χ1) is 14.5. The topological polar surface area (TPSA) is 87.3 Å². The van der Waals surface area contributed by atoms with Gasteiger partial charge in [-0.25, -0.2) is 4.98 Å². The molecule has 0 bridgehead atoms. The zero-order valence-electron chi connectivity index (χ0n) is 18.0. The number of nitrogens with zero attached hydrogens (tertiary/aromatic N) is 2. The first kappa shape index (κ1) is 20.4. The van der Waals surface area contributed by atoms with Crippen LogP contribution in [0.3, 0.4) is 0 Å². The molecule has 7 heteroatoms. The van der Waals surface area contributed by atoms with E-state index in [4.69, 9.17) is 4.74 Å². The fourth-order valence-electron chi connectivity index (χ4n) is 4.48. The van der Waals surface area contributed by atoms with Crippen LogP contribution in [0.15, 0.2) is 29.1 Å². The molecule has 4 rings (SSSR count). The van der Waals surface area contributed by atoms with Crippen molar-refractivity contribution >= 4 is 11.9 Å². The highest BCUT2D eigenvalue weighted by Gasteiger charge is 2.53. The van der Waals surface area contributed by atoms with Crippen LogP contribution in [0.1, 0.15) is 49.4 Å². The van der Waals surface area contributed by atoms with Gasteiger partial charge in [0.25, 0.3) is 5.56 Å². The van der Waals surface area contributed by atoms with Crippen molar-refractivity contribution in [3.63, 3.8) is 0 Å². The summed E-state index contributed by atoms with van der Waals surface area (Å²) in [7, 11) is 1.65. The molecular weight excluding hydrogens is 380 g/mol. The van der Waals surface area contributed by atoms with Crippen LogP contribution in [-0.2, 0) is 16.6 Å². The molecule has 0 radical (unpaired) electrons. The molecule has 2 aliphatic rings. The quantitative estimate of drug-likeness (QED) is 0.765. The van der Waals surface area contributed by atoms with Crippen LogP contribution >= 0.6 is 0 Å². The number of anilines is 1. The van der Waals surface area contributed by atoms with Crippen molar-refractivity contribution in [3.8, 4) is 5.75 Å². The second kappa shape index (κ2) is 8.13. The number of ether oxygens (including phenoxy) is 1. The smallest absolute Gasteiger partial charge is 0.255 e. The maximum absolute atomic E-state index is 13.3. The molecule has 30 heavy (non-hydrogen) atoms. The van der Waals surface area contributed by atoms with Crippen molar-refractivity contribution in [1.29, 1.82) is 0 Å². The van der Waals surface area contributed by atoms with Crippen molar-refractivity contribution in [1.82, 2.24) is 14.9 Å². The molecule has 160 valence electrons. The number of H-pyrrole nitrogens is 1. The largest absolute Gasteiger partial charge is 0.497 e. The van der Waals surface area contributed by atoms with Gasteiger partial charge in [0.1, 0.15) is 5.75 Å². The predicted octanol–water partition coefficient (Wildman–Crippen LogP) is 2.78. The predicted molar refractivity (Wildman–Crippen MR) is 116 cm³/mol. The molecule has 0 atom stereocenters. The molecule has 1 saturated carbocycles. The van der Waals surface area contributed by atoms with Gasteiger partial charge in [0, 0.05) is 30.4 Å². The van der Waals surface area contributed by atoms with Gasteiger partial charge in [-0.1, -0.05) is 19.1 Å². The Morgan fingerprint density at radius 1 is 1.27 bits per heavy atom. The minimum Gasteiger partial charge on any atom is -0.497 e. The highest BCUT2D eigenvalue weighted by atomic mass is 16.5. The number of hydrogen-bond acceptors (Lipinski definition) is 5. The van der Waals surface area contributed by atoms with Crippen LogP contribution in [-0.4, -0.2) is 47.0 Å². The van der Waals surface area contributed by atoms with Gasteiger partial charge in [-0.2, -0.15) is 0 Å². The molecule has 2 aromatic rings. The fraction of sp³-hybridized carbons (Fsp3) is 0.522. The van der Waals surface area contributed by atoms with E-state index in [1.54, 1.807) is 7.11 Å². The van der Waals surface area contributed by atoms with E-state index in [0.717, 1.165) is 48.3 Å². The Kier molecular flexibility index (Phi) is 5.54. The summed E-state index contributed by atoms with van der Waals surface area (Å²) in [5, 5.41) is 3.35. The molecule has 2 fully saturated rings. The Bertz CT molecular complexity index is 971. The SMILES string of the molecule is CCc1c(C)nc(NC2CCN(C(=O)C3(c4ccc(OC)cc4)CC3)CC2)[nH]c1=O. The normalized spacial score (nSPS) is 18.2. The van der Waals surface area contributed by atoms with Gasteiger partial charge < -0.3 is 15.0 Å². The Morgan fingerprint density at radius 3 is 2.47 bits per heavy atom. The van der Waals surface area contributed by atoms with E-state index in [1.807, 2.05) is 43.0 Å². The average molecular weight is 411 g/mol. The van der Waals surface area contributed by atoms with Crippen molar-refractivity contribution in [2.24, 2.45) is 0 Å². The molecule has 1 saturated heterocycles. The van der Waals surface area contributed by atoms with Gasteiger partial charge in [-0.05, 0) is 56.7 Å². The van der Waals surface area contributed by atoms with Gasteiger partial charge in [-0.3, -0.25) is 14.6 Å². The lowest BCUT2D eigenvalue weighted by Gasteiger charge is -2.35. The van der Waals surface area contributed by atoms with Crippen molar-refractivity contribution in [2.75, 3.05) is 25.5 Å². The average Bonchev–Trinajstić information content (AvgIpc) is 3.56. The van der Waals surface area contributed by atoms with E-state index >= 15 is 0 Å². The van der Waals surface area contributed by atoms with Crippen molar-refractivity contribution in [3.05, 3.63) is 51.4 Å². The maximum atomic E-state index is 13.3. The Morgan fingerprint density at radius 2 is 1.93 bits per heavy atom. The van der Waals surface area contributed by atoms with Gasteiger partial charge in [0.05, 0.1) is 12.5 Å². The number of piperidine rings is 1. The third kappa shape index (κ3) is 3.80. The van der Waals surface area contributed by atoms with E-state index < -0.39 is 0 Å². The van der Waals surface area contributed by atoms with Crippen LogP contribution in [0.25, 0.3) is 0 Å². The molecule has 1 aliphatic heterocycles. The minimum atomic E-state index is -0.355. The van der Waals surface area contributed by atoms with Crippen LogP contribution in [0.4, 0.5) is 5.95 Å². The standard InChI is InChI=1S/C23H30N4O3/c1-4-19-15(2)24-22(26-20(19)28)25-17-9-13-27(14-10-17)21(29)23(11-12-23)16-5-7-18(30-3)8-6-16/h5-8,17H,4,9-14H2,1-3H3,(H2,24,25,26,28). The van der Waals surface area contributed by atoms with Gasteiger partial charge in [-0.15, -0.1) is 0 Å². The number of rotatable bonds is 6. The molecule has 2 heterocycles. The van der Waals surface area contributed by atoms with E-state index in [2.05, 4.69) is 15.3 Å². The summed E-state index contributed by atoms with van der Waals surface area (Å²) < 4.78 is 5.24. The second-order valence-electron chi connectivity index (χ2n) is 8.35. The van der Waals surface area contributed by atoms with Crippen LogP contribution < -0.4 is 15.6 Å². The lowest BCUT2D eigenvalue weighted by Crippen LogP contribution is -2.46. The summed E-state index contributed by atoms with van der Waals surface area (Å²) in [5.74, 6) is 1.57. The summed E-state index contributed by atoms with van der Waals surface area (Å²) in [4.78, 5) is 34.8. The molecule has 7 nitrogen and oxygen atoms in total. The van der Waals surface area contributed by atoms with Gasteiger partial charge in [0.15, 0.2) is 0 Å². The first-order valence-electron chi connectivity index (χ1n) is 10.8. The number of carbonyl (C=O) groups excluding carboxylic acids is 1. The van der Waals surface area contributed by atoms with Crippen molar-refractivity contribution < 1.29 is 9.53 Å². The molecule has 1 aromatic carbocycles. The van der Waals surface area contributed by atoms with Gasteiger partial charge >= 0.3 is 0 Å². The zero-order valence-corrected chi connectivity index (χ0v) is 18.0. The monoisotopic (exact) mass is 410 g/mol. The van der Waals surface area contributed by atoms with E-state index in [9.17, 15) is 9.59 Å². The number of aromatic amines is 1. The zero-order chi connectivity index (χ0) is 21.3. The molecule has 2 N–H and O–H groups in total. The Labute approximate surface area is 176 Å². The number of methoxy groups -OCH3 is 1. The number of hydrogen-bond donors (Lipinski definition) is 2. The second-order valence-corrected chi connectivity index (χ2v) is 8.35. The number of amides is 1. The van der Waals surface area contributed by atoms with Crippen LogP contribution in [0.5, 0.6) is 5.75 Å². The summed E-state index contributed by atoms with van der Waals surface area (Å²) in [5.41, 5.74) is 2.16. The number of carbonyl (C=O) groups is 1. The lowest BCUT2D eigenvalue weighted by molar-refractivity contribution is -0.134. The molecule has 1 aromatic heterocycles. The number of nitrogens with one attached hydrogen (secondary N) is 2.